The number of aryl methyl sites for hydroxylation is 1. The van der Waals surface area contributed by atoms with Crippen LogP contribution in [0.1, 0.15) is 36.3 Å². The standard InChI is InChI=1S/C13H15FO2/c1-8-6-10(4-5-12(8)14)11(7-13(15)16)9-2-3-9/h4-6,9,11H,2-3,7H2,1H3,(H,15,16). The molecule has 1 aliphatic rings. The molecule has 0 saturated heterocycles. The lowest BCUT2D eigenvalue weighted by Gasteiger charge is -2.15. The van der Waals surface area contributed by atoms with Crippen LogP contribution in [0.4, 0.5) is 4.39 Å². The van der Waals surface area contributed by atoms with Crippen LogP contribution >= 0.6 is 0 Å². The van der Waals surface area contributed by atoms with E-state index in [0.717, 1.165) is 18.4 Å². The minimum Gasteiger partial charge on any atom is -0.481 e. The van der Waals surface area contributed by atoms with Gasteiger partial charge in [-0.2, -0.15) is 0 Å². The zero-order valence-electron chi connectivity index (χ0n) is 9.24. The lowest BCUT2D eigenvalue weighted by molar-refractivity contribution is -0.137. The van der Waals surface area contributed by atoms with E-state index in [-0.39, 0.29) is 18.2 Å². The fourth-order valence-corrected chi connectivity index (χ4v) is 2.14. The van der Waals surface area contributed by atoms with Crippen molar-refractivity contribution in [2.45, 2.75) is 32.1 Å². The molecular weight excluding hydrogens is 207 g/mol. The molecule has 1 fully saturated rings. The highest BCUT2D eigenvalue weighted by Gasteiger charge is 2.33. The first-order chi connectivity index (χ1) is 7.58. The molecule has 86 valence electrons. The van der Waals surface area contributed by atoms with Gasteiger partial charge in [0.1, 0.15) is 5.82 Å². The first-order valence-electron chi connectivity index (χ1n) is 5.56. The molecule has 2 nitrogen and oxygen atoms in total. The van der Waals surface area contributed by atoms with E-state index < -0.39 is 5.97 Å². The zero-order valence-corrected chi connectivity index (χ0v) is 9.24. The van der Waals surface area contributed by atoms with E-state index in [4.69, 9.17) is 5.11 Å². The number of aliphatic carboxylic acids is 1. The molecule has 1 N–H and O–H groups in total. The summed E-state index contributed by atoms with van der Waals surface area (Å²) in [6.07, 6.45) is 2.33. The van der Waals surface area contributed by atoms with Crippen LogP contribution in [-0.2, 0) is 4.79 Å². The van der Waals surface area contributed by atoms with Gasteiger partial charge in [-0.3, -0.25) is 4.79 Å². The van der Waals surface area contributed by atoms with Crippen molar-refractivity contribution < 1.29 is 14.3 Å². The Morgan fingerprint density at radius 1 is 1.56 bits per heavy atom. The molecule has 0 spiro atoms. The number of hydrogen-bond acceptors (Lipinski definition) is 1. The van der Waals surface area contributed by atoms with Crippen LogP contribution in [0.3, 0.4) is 0 Å². The van der Waals surface area contributed by atoms with Crippen LogP contribution in [0.15, 0.2) is 18.2 Å². The van der Waals surface area contributed by atoms with Crippen molar-refractivity contribution in [1.29, 1.82) is 0 Å². The third-order valence-corrected chi connectivity index (χ3v) is 3.20. The van der Waals surface area contributed by atoms with Crippen LogP contribution in [0.2, 0.25) is 0 Å². The molecule has 1 aromatic carbocycles. The summed E-state index contributed by atoms with van der Waals surface area (Å²) in [6, 6.07) is 4.93. The molecule has 0 heterocycles. The Bertz CT molecular complexity index is 410. The maximum Gasteiger partial charge on any atom is 0.303 e. The van der Waals surface area contributed by atoms with Crippen molar-refractivity contribution in [3.63, 3.8) is 0 Å². The van der Waals surface area contributed by atoms with Gasteiger partial charge in [0, 0.05) is 0 Å². The predicted molar refractivity (Wildman–Crippen MR) is 58.9 cm³/mol. The van der Waals surface area contributed by atoms with Crippen molar-refractivity contribution in [3.05, 3.63) is 35.1 Å². The van der Waals surface area contributed by atoms with Crippen molar-refractivity contribution >= 4 is 5.97 Å². The van der Waals surface area contributed by atoms with Gasteiger partial charge in [-0.05, 0) is 48.8 Å². The summed E-state index contributed by atoms with van der Waals surface area (Å²) in [5.74, 6) is -0.481. The number of carboxylic acid groups (broad SMARTS) is 1. The Morgan fingerprint density at radius 2 is 2.25 bits per heavy atom. The molecule has 0 bridgehead atoms. The summed E-state index contributed by atoms with van der Waals surface area (Å²) in [6.45, 7) is 1.71. The average Bonchev–Trinajstić information content (AvgIpc) is 3.02. The normalized spacial score (nSPS) is 17.1. The first kappa shape index (κ1) is 11.1. The minimum absolute atomic E-state index is 0.0526. The van der Waals surface area contributed by atoms with Crippen LogP contribution in [0.5, 0.6) is 0 Å². The third-order valence-electron chi connectivity index (χ3n) is 3.20. The first-order valence-corrected chi connectivity index (χ1v) is 5.56. The molecule has 1 atom stereocenters. The molecule has 1 aliphatic carbocycles. The molecule has 16 heavy (non-hydrogen) atoms. The Morgan fingerprint density at radius 3 is 2.75 bits per heavy atom. The van der Waals surface area contributed by atoms with Crippen LogP contribution in [0, 0.1) is 18.7 Å². The van der Waals surface area contributed by atoms with Gasteiger partial charge in [0.25, 0.3) is 0 Å². The number of benzene rings is 1. The highest BCUT2D eigenvalue weighted by Crippen LogP contribution is 2.44. The monoisotopic (exact) mass is 222 g/mol. The van der Waals surface area contributed by atoms with Crippen molar-refractivity contribution in [1.82, 2.24) is 0 Å². The molecule has 1 unspecified atom stereocenters. The molecule has 1 saturated carbocycles. The van der Waals surface area contributed by atoms with Crippen molar-refractivity contribution in [3.8, 4) is 0 Å². The van der Waals surface area contributed by atoms with Gasteiger partial charge in [0.05, 0.1) is 6.42 Å². The topological polar surface area (TPSA) is 37.3 Å². The van der Waals surface area contributed by atoms with Gasteiger partial charge >= 0.3 is 5.97 Å². The van der Waals surface area contributed by atoms with E-state index >= 15 is 0 Å². The Balaban J connectivity index is 2.24. The number of carbonyl (C=O) groups is 1. The second-order valence-corrected chi connectivity index (χ2v) is 4.55. The van der Waals surface area contributed by atoms with Gasteiger partial charge in [0.15, 0.2) is 0 Å². The number of carboxylic acids is 1. The highest BCUT2D eigenvalue weighted by molar-refractivity contribution is 5.68. The molecule has 0 radical (unpaired) electrons. The van der Waals surface area contributed by atoms with E-state index in [1.54, 1.807) is 19.1 Å². The number of rotatable bonds is 4. The molecule has 0 aromatic heterocycles. The van der Waals surface area contributed by atoms with Crippen LogP contribution < -0.4 is 0 Å². The number of hydrogen-bond donors (Lipinski definition) is 1. The predicted octanol–water partition coefficient (Wildman–Crippen LogP) is 3.10. The second-order valence-electron chi connectivity index (χ2n) is 4.55. The summed E-state index contributed by atoms with van der Waals surface area (Å²) in [4.78, 5) is 10.8. The fraction of sp³-hybridized carbons (Fsp3) is 0.462. The molecule has 2 rings (SSSR count). The highest BCUT2D eigenvalue weighted by atomic mass is 19.1. The molecular formula is C13H15FO2. The minimum atomic E-state index is -0.779. The summed E-state index contributed by atoms with van der Waals surface area (Å²) >= 11 is 0. The largest absolute Gasteiger partial charge is 0.481 e. The van der Waals surface area contributed by atoms with E-state index in [2.05, 4.69) is 0 Å². The smallest absolute Gasteiger partial charge is 0.303 e. The zero-order chi connectivity index (χ0) is 11.7. The summed E-state index contributed by atoms with van der Waals surface area (Å²) in [7, 11) is 0. The van der Waals surface area contributed by atoms with Gasteiger partial charge < -0.3 is 5.11 Å². The lowest BCUT2D eigenvalue weighted by Crippen LogP contribution is -2.08. The van der Waals surface area contributed by atoms with Crippen LogP contribution in [-0.4, -0.2) is 11.1 Å². The average molecular weight is 222 g/mol. The Hall–Kier alpha value is -1.38. The van der Waals surface area contributed by atoms with Crippen molar-refractivity contribution in [2.75, 3.05) is 0 Å². The Kier molecular flexibility index (Phi) is 2.95. The molecule has 1 aromatic rings. The fourth-order valence-electron chi connectivity index (χ4n) is 2.14. The van der Waals surface area contributed by atoms with Gasteiger partial charge in [0.2, 0.25) is 0 Å². The summed E-state index contributed by atoms with van der Waals surface area (Å²) < 4.78 is 13.1. The lowest BCUT2D eigenvalue weighted by atomic mass is 9.90. The maximum atomic E-state index is 13.1. The second kappa shape index (κ2) is 4.24. The molecule has 0 aliphatic heterocycles. The number of halogens is 1. The van der Waals surface area contributed by atoms with E-state index in [9.17, 15) is 9.18 Å². The Labute approximate surface area is 94.1 Å². The molecule has 3 heteroatoms. The summed E-state index contributed by atoms with van der Waals surface area (Å²) in [5.41, 5.74) is 1.55. The van der Waals surface area contributed by atoms with Gasteiger partial charge in [-0.15, -0.1) is 0 Å². The van der Waals surface area contributed by atoms with Crippen molar-refractivity contribution in [2.24, 2.45) is 5.92 Å². The van der Waals surface area contributed by atoms with E-state index in [0.29, 0.717) is 11.5 Å². The summed E-state index contributed by atoms with van der Waals surface area (Å²) in [5, 5.41) is 8.87. The van der Waals surface area contributed by atoms with Gasteiger partial charge in [-0.1, -0.05) is 12.1 Å². The van der Waals surface area contributed by atoms with Crippen LogP contribution in [0.25, 0.3) is 0 Å². The molecule has 0 amide bonds. The third kappa shape index (κ3) is 2.40. The quantitative estimate of drug-likeness (QED) is 0.849. The SMILES string of the molecule is Cc1cc(C(CC(=O)O)C2CC2)ccc1F. The van der Waals surface area contributed by atoms with Gasteiger partial charge in [-0.25, -0.2) is 4.39 Å². The van der Waals surface area contributed by atoms with E-state index in [1.165, 1.54) is 6.07 Å². The maximum absolute atomic E-state index is 13.1. The van der Waals surface area contributed by atoms with E-state index in [1.807, 2.05) is 0 Å².